The first-order chi connectivity index (χ1) is 12.1. The van der Waals surface area contributed by atoms with Gasteiger partial charge in [0.25, 0.3) is 5.56 Å². The van der Waals surface area contributed by atoms with Gasteiger partial charge < -0.3 is 5.32 Å². The van der Waals surface area contributed by atoms with E-state index in [1.807, 2.05) is 37.3 Å². The van der Waals surface area contributed by atoms with E-state index in [0.717, 1.165) is 18.2 Å². The van der Waals surface area contributed by atoms with Crippen molar-refractivity contribution in [3.8, 4) is 0 Å². The number of benzene rings is 2. The summed E-state index contributed by atoms with van der Waals surface area (Å²) in [5.74, 6) is -0.203. The second-order valence-electron chi connectivity index (χ2n) is 6.19. The molecule has 0 saturated carbocycles. The molecule has 5 heteroatoms. The molecule has 1 N–H and O–H groups in total. The lowest BCUT2D eigenvalue weighted by Gasteiger charge is -2.14. The van der Waals surface area contributed by atoms with Gasteiger partial charge in [-0.2, -0.15) is 5.10 Å². The first-order valence-electron chi connectivity index (χ1n) is 8.41. The van der Waals surface area contributed by atoms with Gasteiger partial charge in [0.05, 0.1) is 11.6 Å². The lowest BCUT2D eigenvalue weighted by Crippen LogP contribution is -2.38. The number of nitrogens with zero attached hydrogens (tertiary/aromatic N) is 2. The monoisotopic (exact) mass is 335 g/mol. The smallest absolute Gasteiger partial charge is 0.275 e. The highest BCUT2D eigenvalue weighted by Crippen LogP contribution is 2.07. The molecule has 0 bridgehead atoms. The Morgan fingerprint density at radius 2 is 1.84 bits per heavy atom. The number of carbonyl (C=O) groups is 1. The molecule has 25 heavy (non-hydrogen) atoms. The van der Waals surface area contributed by atoms with Gasteiger partial charge in [0.2, 0.25) is 5.91 Å². The molecule has 0 spiro atoms. The van der Waals surface area contributed by atoms with Crippen molar-refractivity contribution in [2.24, 2.45) is 0 Å². The van der Waals surface area contributed by atoms with Crippen LogP contribution in [0.25, 0.3) is 10.8 Å². The van der Waals surface area contributed by atoms with Crippen LogP contribution in [0.1, 0.15) is 18.9 Å². The number of hydrogen-bond donors (Lipinski definition) is 1. The molecule has 0 unspecified atom stereocenters. The normalized spacial score (nSPS) is 12.0. The van der Waals surface area contributed by atoms with Crippen molar-refractivity contribution in [3.63, 3.8) is 0 Å². The number of aromatic nitrogens is 2. The third-order valence-corrected chi connectivity index (χ3v) is 4.17. The maximum atomic E-state index is 12.4. The maximum absolute atomic E-state index is 12.4. The quantitative estimate of drug-likeness (QED) is 0.753. The van der Waals surface area contributed by atoms with Crippen LogP contribution in [0, 0.1) is 0 Å². The van der Waals surface area contributed by atoms with Crippen molar-refractivity contribution in [2.45, 2.75) is 32.4 Å². The molecule has 0 aliphatic heterocycles. The Kier molecular flexibility index (Phi) is 5.23. The van der Waals surface area contributed by atoms with Crippen molar-refractivity contribution >= 4 is 16.7 Å². The van der Waals surface area contributed by atoms with Crippen molar-refractivity contribution in [1.29, 1.82) is 0 Å². The fraction of sp³-hybridized carbons (Fsp3) is 0.250. The number of fused-ring (bicyclic) bond motifs is 1. The summed E-state index contributed by atoms with van der Waals surface area (Å²) < 4.78 is 1.21. The predicted octanol–water partition coefficient (Wildman–Crippen LogP) is 2.53. The third-order valence-electron chi connectivity index (χ3n) is 4.17. The van der Waals surface area contributed by atoms with Gasteiger partial charge in [-0.25, -0.2) is 4.68 Å². The van der Waals surface area contributed by atoms with Gasteiger partial charge in [-0.05, 0) is 31.4 Å². The molecule has 2 aromatic carbocycles. The first kappa shape index (κ1) is 16.9. The number of rotatable bonds is 6. The van der Waals surface area contributed by atoms with Crippen LogP contribution >= 0.6 is 0 Å². The Bertz CT molecular complexity index is 919. The number of amides is 1. The van der Waals surface area contributed by atoms with E-state index in [0.29, 0.717) is 5.39 Å². The largest absolute Gasteiger partial charge is 0.352 e. The average molecular weight is 335 g/mol. The maximum Gasteiger partial charge on any atom is 0.275 e. The van der Waals surface area contributed by atoms with Crippen molar-refractivity contribution < 1.29 is 4.79 Å². The fourth-order valence-corrected chi connectivity index (χ4v) is 2.80. The highest BCUT2D eigenvalue weighted by molar-refractivity contribution is 5.81. The Morgan fingerprint density at radius 3 is 2.64 bits per heavy atom. The molecular formula is C20H21N3O2. The van der Waals surface area contributed by atoms with Crippen LogP contribution in [0.5, 0.6) is 0 Å². The van der Waals surface area contributed by atoms with E-state index < -0.39 is 0 Å². The molecule has 1 heterocycles. The summed E-state index contributed by atoms with van der Waals surface area (Å²) in [6.07, 6.45) is 3.36. The molecule has 3 aromatic rings. The number of carbonyl (C=O) groups excluding carboxylic acids is 1. The molecule has 1 amide bonds. The summed E-state index contributed by atoms with van der Waals surface area (Å²) in [4.78, 5) is 24.6. The van der Waals surface area contributed by atoms with Crippen molar-refractivity contribution in [3.05, 3.63) is 76.7 Å². The molecule has 1 aromatic heterocycles. The number of nitrogens with one attached hydrogen (secondary N) is 1. The van der Waals surface area contributed by atoms with Crippen LogP contribution in [-0.4, -0.2) is 21.7 Å². The topological polar surface area (TPSA) is 64.0 Å². The average Bonchev–Trinajstić information content (AvgIpc) is 2.63. The fourth-order valence-electron chi connectivity index (χ4n) is 2.80. The zero-order chi connectivity index (χ0) is 17.6. The molecule has 128 valence electrons. The van der Waals surface area contributed by atoms with E-state index in [2.05, 4.69) is 22.5 Å². The lowest BCUT2D eigenvalue weighted by molar-refractivity contribution is -0.122. The predicted molar refractivity (Wildman–Crippen MR) is 98.4 cm³/mol. The Hall–Kier alpha value is -2.95. The van der Waals surface area contributed by atoms with Crippen molar-refractivity contribution in [2.75, 3.05) is 0 Å². The molecule has 5 nitrogen and oxygen atoms in total. The third kappa shape index (κ3) is 4.32. The standard InChI is InChI=1S/C20H21N3O2/c1-15(11-12-16-7-3-2-4-8-16)22-19(24)14-23-20(25)18-10-6-5-9-17(18)13-21-23/h2-10,13,15H,11-12,14H2,1H3,(H,22,24)/t15-/m1/s1. The van der Waals surface area contributed by atoms with Crippen LogP contribution in [0.4, 0.5) is 0 Å². The molecule has 0 fully saturated rings. The Labute approximate surface area is 146 Å². The zero-order valence-corrected chi connectivity index (χ0v) is 14.2. The Morgan fingerprint density at radius 1 is 1.12 bits per heavy atom. The summed E-state index contributed by atoms with van der Waals surface area (Å²) in [6, 6.07) is 17.4. The van der Waals surface area contributed by atoms with Gasteiger partial charge in [-0.1, -0.05) is 48.5 Å². The second kappa shape index (κ2) is 7.75. The molecule has 0 radical (unpaired) electrons. The summed E-state index contributed by atoms with van der Waals surface area (Å²) >= 11 is 0. The highest BCUT2D eigenvalue weighted by atomic mass is 16.2. The Balaban J connectivity index is 1.59. The minimum absolute atomic E-state index is 0.0314. The summed E-state index contributed by atoms with van der Waals surface area (Å²) in [6.45, 7) is 1.90. The minimum atomic E-state index is -0.245. The van der Waals surface area contributed by atoms with Gasteiger partial charge in [-0.15, -0.1) is 0 Å². The molecule has 1 atom stereocenters. The second-order valence-corrected chi connectivity index (χ2v) is 6.19. The molecule has 0 aliphatic carbocycles. The van der Waals surface area contributed by atoms with Gasteiger partial charge in [0.15, 0.2) is 0 Å². The molecule has 0 saturated heterocycles. The number of hydrogen-bond acceptors (Lipinski definition) is 3. The zero-order valence-electron chi connectivity index (χ0n) is 14.2. The molecule has 3 rings (SSSR count). The lowest BCUT2D eigenvalue weighted by atomic mass is 10.1. The van der Waals surface area contributed by atoms with E-state index in [9.17, 15) is 9.59 Å². The first-order valence-corrected chi connectivity index (χ1v) is 8.41. The summed E-state index contributed by atoms with van der Waals surface area (Å²) in [5, 5.41) is 8.38. The van der Waals surface area contributed by atoms with E-state index >= 15 is 0 Å². The summed E-state index contributed by atoms with van der Waals surface area (Å²) in [7, 11) is 0. The van der Waals surface area contributed by atoms with Gasteiger partial charge in [0.1, 0.15) is 6.54 Å². The van der Waals surface area contributed by atoms with Gasteiger partial charge >= 0.3 is 0 Å². The van der Waals surface area contributed by atoms with Crippen LogP contribution in [0.3, 0.4) is 0 Å². The SMILES string of the molecule is C[C@H](CCc1ccccc1)NC(=O)Cn1ncc2ccccc2c1=O. The van der Waals surface area contributed by atoms with Crippen LogP contribution in [-0.2, 0) is 17.8 Å². The van der Waals surface area contributed by atoms with Gasteiger partial charge in [0, 0.05) is 11.4 Å². The van der Waals surface area contributed by atoms with E-state index in [-0.39, 0.29) is 24.1 Å². The van der Waals surface area contributed by atoms with E-state index in [1.54, 1.807) is 18.3 Å². The van der Waals surface area contributed by atoms with Crippen molar-refractivity contribution in [1.82, 2.24) is 15.1 Å². The van der Waals surface area contributed by atoms with Gasteiger partial charge in [-0.3, -0.25) is 9.59 Å². The molecule has 0 aliphatic rings. The van der Waals surface area contributed by atoms with E-state index in [4.69, 9.17) is 0 Å². The summed E-state index contributed by atoms with van der Waals surface area (Å²) in [5.41, 5.74) is 1.00. The minimum Gasteiger partial charge on any atom is -0.352 e. The highest BCUT2D eigenvalue weighted by Gasteiger charge is 2.11. The van der Waals surface area contributed by atoms with Crippen LogP contribution in [0.15, 0.2) is 65.6 Å². The van der Waals surface area contributed by atoms with Crippen LogP contribution < -0.4 is 10.9 Å². The van der Waals surface area contributed by atoms with Crippen LogP contribution in [0.2, 0.25) is 0 Å². The number of aryl methyl sites for hydroxylation is 1. The molecular weight excluding hydrogens is 314 g/mol. The van der Waals surface area contributed by atoms with E-state index in [1.165, 1.54) is 10.2 Å².